The molecule has 0 saturated carbocycles. The van der Waals surface area contributed by atoms with Gasteiger partial charge in [0.25, 0.3) is 5.91 Å². The molecule has 0 radical (unpaired) electrons. The predicted octanol–water partition coefficient (Wildman–Crippen LogP) is 3.94. The van der Waals surface area contributed by atoms with E-state index in [9.17, 15) is 9.59 Å². The van der Waals surface area contributed by atoms with Crippen LogP contribution in [0.3, 0.4) is 0 Å². The SMILES string of the molecule is CC(OC(=O)c1ccc(C(C)C)cc1)C(=O)N1CCc2ccccc21. The van der Waals surface area contributed by atoms with Crippen molar-refractivity contribution in [2.45, 2.75) is 39.2 Å². The topological polar surface area (TPSA) is 46.6 Å². The van der Waals surface area contributed by atoms with E-state index in [0.717, 1.165) is 23.2 Å². The zero-order valence-corrected chi connectivity index (χ0v) is 14.9. The van der Waals surface area contributed by atoms with E-state index in [1.807, 2.05) is 36.4 Å². The fraction of sp³-hybridized carbons (Fsp3) is 0.333. The van der Waals surface area contributed by atoms with E-state index in [1.54, 1.807) is 24.0 Å². The van der Waals surface area contributed by atoms with Crippen molar-refractivity contribution in [1.82, 2.24) is 0 Å². The van der Waals surface area contributed by atoms with Gasteiger partial charge in [0, 0.05) is 12.2 Å². The van der Waals surface area contributed by atoms with Crippen molar-refractivity contribution in [3.05, 3.63) is 65.2 Å². The van der Waals surface area contributed by atoms with Crippen LogP contribution in [0.25, 0.3) is 0 Å². The van der Waals surface area contributed by atoms with Gasteiger partial charge in [0.15, 0.2) is 6.10 Å². The molecule has 0 bridgehead atoms. The number of para-hydroxylation sites is 1. The number of ether oxygens (including phenoxy) is 1. The smallest absolute Gasteiger partial charge is 0.338 e. The van der Waals surface area contributed by atoms with E-state index < -0.39 is 12.1 Å². The third-order valence-electron chi connectivity index (χ3n) is 4.60. The normalized spacial score (nSPS) is 14.3. The fourth-order valence-electron chi connectivity index (χ4n) is 3.07. The molecule has 130 valence electrons. The molecule has 1 atom stereocenters. The Morgan fingerprint density at radius 3 is 2.36 bits per heavy atom. The van der Waals surface area contributed by atoms with Gasteiger partial charge < -0.3 is 9.64 Å². The van der Waals surface area contributed by atoms with Crippen LogP contribution in [0, 0.1) is 0 Å². The molecule has 1 aliphatic heterocycles. The van der Waals surface area contributed by atoms with Gasteiger partial charge >= 0.3 is 5.97 Å². The molecule has 4 heteroatoms. The number of fused-ring (bicyclic) bond motifs is 1. The van der Waals surface area contributed by atoms with Gasteiger partial charge in [-0.05, 0) is 48.6 Å². The second-order valence-corrected chi connectivity index (χ2v) is 6.69. The van der Waals surface area contributed by atoms with Crippen LogP contribution in [0.15, 0.2) is 48.5 Å². The molecule has 3 rings (SSSR count). The first kappa shape index (κ1) is 17.2. The highest BCUT2D eigenvalue weighted by molar-refractivity contribution is 6.00. The van der Waals surface area contributed by atoms with Crippen molar-refractivity contribution in [2.24, 2.45) is 0 Å². The minimum absolute atomic E-state index is 0.183. The Morgan fingerprint density at radius 1 is 1.00 bits per heavy atom. The summed E-state index contributed by atoms with van der Waals surface area (Å²) < 4.78 is 5.40. The van der Waals surface area contributed by atoms with Crippen molar-refractivity contribution < 1.29 is 14.3 Å². The Hall–Kier alpha value is -2.62. The van der Waals surface area contributed by atoms with Crippen molar-refractivity contribution >= 4 is 17.6 Å². The van der Waals surface area contributed by atoms with Gasteiger partial charge in [-0.1, -0.05) is 44.2 Å². The maximum atomic E-state index is 12.7. The first-order valence-electron chi connectivity index (χ1n) is 8.67. The van der Waals surface area contributed by atoms with Gasteiger partial charge in [0.1, 0.15) is 0 Å². The number of esters is 1. The third kappa shape index (κ3) is 3.58. The fourth-order valence-corrected chi connectivity index (χ4v) is 3.07. The van der Waals surface area contributed by atoms with Gasteiger partial charge in [0.05, 0.1) is 5.56 Å². The van der Waals surface area contributed by atoms with Crippen LogP contribution in [0.1, 0.15) is 48.2 Å². The van der Waals surface area contributed by atoms with Crippen LogP contribution < -0.4 is 4.90 Å². The summed E-state index contributed by atoms with van der Waals surface area (Å²) >= 11 is 0. The molecule has 0 fully saturated rings. The van der Waals surface area contributed by atoms with Crippen molar-refractivity contribution in [3.8, 4) is 0 Å². The van der Waals surface area contributed by atoms with Crippen LogP contribution in [0.2, 0.25) is 0 Å². The molecule has 0 aliphatic carbocycles. The number of carbonyl (C=O) groups is 2. The molecule has 0 saturated heterocycles. The van der Waals surface area contributed by atoms with Crippen LogP contribution in [0.4, 0.5) is 5.69 Å². The van der Waals surface area contributed by atoms with Gasteiger partial charge in [-0.2, -0.15) is 0 Å². The summed E-state index contributed by atoms with van der Waals surface area (Å²) in [4.78, 5) is 26.7. The zero-order valence-electron chi connectivity index (χ0n) is 14.9. The summed E-state index contributed by atoms with van der Waals surface area (Å²) in [5, 5.41) is 0. The Kier molecular flexibility index (Phi) is 4.88. The zero-order chi connectivity index (χ0) is 18.0. The van der Waals surface area contributed by atoms with E-state index in [0.29, 0.717) is 18.0 Å². The molecule has 1 amide bonds. The molecule has 1 unspecified atom stereocenters. The molecule has 2 aromatic rings. The second kappa shape index (κ2) is 7.09. The number of anilines is 1. The molecular weight excluding hydrogens is 314 g/mol. The highest BCUT2D eigenvalue weighted by Gasteiger charge is 2.29. The van der Waals surface area contributed by atoms with E-state index >= 15 is 0 Å². The number of rotatable bonds is 4. The Morgan fingerprint density at radius 2 is 1.68 bits per heavy atom. The average Bonchev–Trinajstić information content (AvgIpc) is 3.05. The highest BCUT2D eigenvalue weighted by atomic mass is 16.5. The molecular formula is C21H23NO3. The van der Waals surface area contributed by atoms with E-state index in [4.69, 9.17) is 4.74 Å². The molecule has 25 heavy (non-hydrogen) atoms. The number of hydrogen-bond donors (Lipinski definition) is 0. The van der Waals surface area contributed by atoms with Crippen molar-refractivity contribution in [1.29, 1.82) is 0 Å². The van der Waals surface area contributed by atoms with Crippen molar-refractivity contribution in [3.63, 3.8) is 0 Å². The summed E-state index contributed by atoms with van der Waals surface area (Å²) in [6, 6.07) is 15.2. The summed E-state index contributed by atoms with van der Waals surface area (Å²) in [6.45, 7) is 6.46. The Labute approximate surface area is 148 Å². The molecule has 0 N–H and O–H groups in total. The average molecular weight is 337 g/mol. The number of benzene rings is 2. The maximum Gasteiger partial charge on any atom is 0.338 e. The lowest BCUT2D eigenvalue weighted by Crippen LogP contribution is -2.39. The second-order valence-electron chi connectivity index (χ2n) is 6.69. The van der Waals surface area contributed by atoms with Gasteiger partial charge in [0.2, 0.25) is 0 Å². The van der Waals surface area contributed by atoms with Crippen LogP contribution in [-0.2, 0) is 16.0 Å². The molecule has 1 heterocycles. The van der Waals surface area contributed by atoms with Crippen molar-refractivity contribution in [2.75, 3.05) is 11.4 Å². The minimum Gasteiger partial charge on any atom is -0.449 e. The van der Waals surface area contributed by atoms with Gasteiger partial charge in [-0.25, -0.2) is 4.79 Å². The summed E-state index contributed by atoms with van der Waals surface area (Å²) in [6.07, 6.45) is 0.0163. The summed E-state index contributed by atoms with van der Waals surface area (Å²) in [5.41, 5.74) is 3.69. The van der Waals surface area contributed by atoms with Crippen LogP contribution in [0.5, 0.6) is 0 Å². The van der Waals surface area contributed by atoms with Crippen LogP contribution in [-0.4, -0.2) is 24.5 Å². The number of nitrogens with zero attached hydrogens (tertiary/aromatic N) is 1. The Bertz CT molecular complexity index is 780. The van der Waals surface area contributed by atoms with Gasteiger partial charge in [-0.15, -0.1) is 0 Å². The van der Waals surface area contributed by atoms with E-state index in [1.165, 1.54) is 0 Å². The standard InChI is InChI=1S/C21H23NO3/c1-14(2)16-8-10-18(11-9-16)21(24)25-15(3)20(23)22-13-12-17-6-4-5-7-19(17)22/h4-11,14-15H,12-13H2,1-3H3. The largest absolute Gasteiger partial charge is 0.449 e. The van der Waals surface area contributed by atoms with E-state index in [2.05, 4.69) is 13.8 Å². The Balaban J connectivity index is 1.66. The third-order valence-corrected chi connectivity index (χ3v) is 4.60. The summed E-state index contributed by atoms with van der Waals surface area (Å²) in [5.74, 6) is -0.249. The molecule has 0 aromatic heterocycles. The van der Waals surface area contributed by atoms with E-state index in [-0.39, 0.29) is 5.91 Å². The van der Waals surface area contributed by atoms with Crippen LogP contribution >= 0.6 is 0 Å². The molecule has 1 aliphatic rings. The molecule has 4 nitrogen and oxygen atoms in total. The lowest BCUT2D eigenvalue weighted by Gasteiger charge is -2.21. The minimum atomic E-state index is -0.816. The lowest BCUT2D eigenvalue weighted by molar-refractivity contribution is -0.126. The monoisotopic (exact) mass is 337 g/mol. The number of carbonyl (C=O) groups excluding carboxylic acids is 2. The first-order valence-corrected chi connectivity index (χ1v) is 8.67. The maximum absolute atomic E-state index is 12.7. The lowest BCUT2D eigenvalue weighted by atomic mass is 10.0. The molecule has 2 aromatic carbocycles. The highest BCUT2D eigenvalue weighted by Crippen LogP contribution is 2.28. The number of hydrogen-bond acceptors (Lipinski definition) is 3. The summed E-state index contributed by atoms with van der Waals surface area (Å²) in [7, 11) is 0. The number of amides is 1. The molecule has 0 spiro atoms. The first-order chi connectivity index (χ1) is 12.0. The quantitative estimate of drug-likeness (QED) is 0.794. The van der Waals surface area contributed by atoms with Gasteiger partial charge in [-0.3, -0.25) is 4.79 Å². The predicted molar refractivity (Wildman–Crippen MR) is 97.9 cm³/mol.